The topological polar surface area (TPSA) is 39.7 Å². The molecule has 4 aromatic carbocycles. The fourth-order valence-corrected chi connectivity index (χ4v) is 3.33. The zero-order valence-electron chi connectivity index (χ0n) is 18.9. The molecule has 4 aromatic rings. The van der Waals surface area contributed by atoms with Crippen LogP contribution in [0.25, 0.3) is 0 Å². The fraction of sp³-hybridized carbons (Fsp3) is 0.172. The standard InChI is InChI=1S/C29H29NO3/c1-2-31-27-14-10-23(11-15-27)20-30-26-12-8-25(9-13-26)22-33-29-18-16-28(17-19-29)32-21-24-6-4-3-5-7-24/h3-19,30H,2,20-22H2,1H3. The van der Waals surface area contributed by atoms with Crippen molar-refractivity contribution in [1.29, 1.82) is 0 Å². The van der Waals surface area contributed by atoms with Crippen molar-refractivity contribution in [2.24, 2.45) is 0 Å². The second kappa shape index (κ2) is 11.6. The molecule has 0 saturated heterocycles. The van der Waals surface area contributed by atoms with Crippen LogP contribution in [0.1, 0.15) is 23.6 Å². The summed E-state index contributed by atoms with van der Waals surface area (Å²) in [5.74, 6) is 2.55. The van der Waals surface area contributed by atoms with Crippen LogP contribution < -0.4 is 19.5 Å². The Morgan fingerprint density at radius 1 is 0.515 bits per heavy atom. The third-order valence-electron chi connectivity index (χ3n) is 5.16. The molecule has 0 aliphatic rings. The minimum absolute atomic E-state index is 0.517. The molecule has 168 valence electrons. The lowest BCUT2D eigenvalue weighted by Crippen LogP contribution is -2.00. The van der Waals surface area contributed by atoms with Crippen LogP contribution in [0.3, 0.4) is 0 Å². The first-order valence-corrected chi connectivity index (χ1v) is 11.2. The van der Waals surface area contributed by atoms with Crippen molar-refractivity contribution in [2.75, 3.05) is 11.9 Å². The molecular formula is C29H29NO3. The highest BCUT2D eigenvalue weighted by atomic mass is 16.5. The Morgan fingerprint density at radius 2 is 1.00 bits per heavy atom. The quantitative estimate of drug-likeness (QED) is 0.277. The summed E-state index contributed by atoms with van der Waals surface area (Å²) < 4.78 is 17.2. The maximum atomic E-state index is 5.92. The second-order valence-electron chi connectivity index (χ2n) is 7.66. The summed E-state index contributed by atoms with van der Waals surface area (Å²) in [6.07, 6.45) is 0. The molecule has 0 amide bonds. The highest BCUT2D eigenvalue weighted by Gasteiger charge is 2.01. The van der Waals surface area contributed by atoms with Gasteiger partial charge in [-0.05, 0) is 72.1 Å². The molecule has 33 heavy (non-hydrogen) atoms. The number of hydrogen-bond acceptors (Lipinski definition) is 4. The van der Waals surface area contributed by atoms with Gasteiger partial charge in [-0.1, -0.05) is 54.6 Å². The molecule has 0 radical (unpaired) electrons. The molecule has 4 heteroatoms. The summed E-state index contributed by atoms with van der Waals surface area (Å²) in [6.45, 7) is 4.51. The van der Waals surface area contributed by atoms with Crippen LogP contribution >= 0.6 is 0 Å². The van der Waals surface area contributed by atoms with Gasteiger partial charge in [0.05, 0.1) is 6.61 Å². The lowest BCUT2D eigenvalue weighted by Gasteiger charge is -2.10. The van der Waals surface area contributed by atoms with E-state index in [1.54, 1.807) is 0 Å². The molecule has 1 N–H and O–H groups in total. The monoisotopic (exact) mass is 439 g/mol. The van der Waals surface area contributed by atoms with Gasteiger partial charge >= 0.3 is 0 Å². The predicted octanol–water partition coefficient (Wildman–Crippen LogP) is 6.86. The van der Waals surface area contributed by atoms with E-state index in [0.29, 0.717) is 19.8 Å². The van der Waals surface area contributed by atoms with Gasteiger partial charge in [-0.25, -0.2) is 0 Å². The first-order valence-electron chi connectivity index (χ1n) is 11.2. The van der Waals surface area contributed by atoms with Crippen molar-refractivity contribution in [3.63, 3.8) is 0 Å². The average molecular weight is 440 g/mol. The highest BCUT2D eigenvalue weighted by molar-refractivity contribution is 5.45. The summed E-state index contributed by atoms with van der Waals surface area (Å²) in [6, 6.07) is 34.4. The number of ether oxygens (including phenoxy) is 3. The van der Waals surface area contributed by atoms with E-state index < -0.39 is 0 Å². The maximum absolute atomic E-state index is 5.92. The van der Waals surface area contributed by atoms with Crippen LogP contribution in [0.5, 0.6) is 17.2 Å². The van der Waals surface area contributed by atoms with E-state index in [4.69, 9.17) is 14.2 Å². The van der Waals surface area contributed by atoms with Crippen LogP contribution in [0, 0.1) is 0 Å². The van der Waals surface area contributed by atoms with E-state index in [9.17, 15) is 0 Å². The molecule has 0 aliphatic heterocycles. The summed E-state index contributed by atoms with van der Waals surface area (Å²) in [4.78, 5) is 0. The molecule has 0 unspecified atom stereocenters. The van der Waals surface area contributed by atoms with E-state index in [1.165, 1.54) is 5.56 Å². The summed E-state index contributed by atoms with van der Waals surface area (Å²) >= 11 is 0. The Labute approximate surface area is 195 Å². The van der Waals surface area contributed by atoms with Crippen LogP contribution in [0.2, 0.25) is 0 Å². The van der Waals surface area contributed by atoms with Gasteiger partial charge < -0.3 is 19.5 Å². The summed E-state index contributed by atoms with van der Waals surface area (Å²) in [7, 11) is 0. The number of anilines is 1. The predicted molar refractivity (Wildman–Crippen MR) is 133 cm³/mol. The van der Waals surface area contributed by atoms with Gasteiger partial charge in [-0.2, -0.15) is 0 Å². The molecule has 0 fully saturated rings. The first kappa shape index (κ1) is 22.3. The Morgan fingerprint density at radius 3 is 1.58 bits per heavy atom. The van der Waals surface area contributed by atoms with Crippen molar-refractivity contribution >= 4 is 5.69 Å². The lowest BCUT2D eigenvalue weighted by atomic mass is 10.2. The highest BCUT2D eigenvalue weighted by Crippen LogP contribution is 2.20. The average Bonchev–Trinajstić information content (AvgIpc) is 2.88. The van der Waals surface area contributed by atoms with Crippen molar-refractivity contribution in [3.8, 4) is 17.2 Å². The van der Waals surface area contributed by atoms with E-state index in [-0.39, 0.29) is 0 Å². The van der Waals surface area contributed by atoms with Crippen molar-refractivity contribution in [2.45, 2.75) is 26.7 Å². The SMILES string of the molecule is CCOc1ccc(CNc2ccc(COc3ccc(OCc4ccccc4)cc3)cc2)cc1. The van der Waals surface area contributed by atoms with E-state index in [1.807, 2.05) is 61.5 Å². The molecule has 0 atom stereocenters. The minimum atomic E-state index is 0.517. The molecule has 0 saturated carbocycles. The zero-order chi connectivity index (χ0) is 22.7. The van der Waals surface area contributed by atoms with Gasteiger partial charge in [0.1, 0.15) is 30.5 Å². The molecule has 0 heterocycles. The molecule has 4 rings (SSSR count). The Kier molecular flexibility index (Phi) is 7.85. The van der Waals surface area contributed by atoms with Crippen molar-refractivity contribution in [3.05, 3.63) is 120 Å². The van der Waals surface area contributed by atoms with Crippen molar-refractivity contribution in [1.82, 2.24) is 0 Å². The maximum Gasteiger partial charge on any atom is 0.120 e. The number of nitrogens with one attached hydrogen (secondary N) is 1. The van der Waals surface area contributed by atoms with Crippen LogP contribution in [-0.4, -0.2) is 6.61 Å². The lowest BCUT2D eigenvalue weighted by molar-refractivity contribution is 0.297. The minimum Gasteiger partial charge on any atom is -0.494 e. The van der Waals surface area contributed by atoms with Gasteiger partial charge in [0.2, 0.25) is 0 Å². The number of benzene rings is 4. The van der Waals surface area contributed by atoms with Gasteiger partial charge in [0.25, 0.3) is 0 Å². The van der Waals surface area contributed by atoms with Crippen LogP contribution in [0.4, 0.5) is 5.69 Å². The zero-order valence-corrected chi connectivity index (χ0v) is 18.9. The Balaban J connectivity index is 1.21. The summed E-state index contributed by atoms with van der Waals surface area (Å²) in [5, 5.41) is 3.45. The molecular weight excluding hydrogens is 410 g/mol. The number of rotatable bonds is 11. The van der Waals surface area contributed by atoms with Crippen LogP contribution in [-0.2, 0) is 19.8 Å². The second-order valence-corrected chi connectivity index (χ2v) is 7.66. The third-order valence-corrected chi connectivity index (χ3v) is 5.16. The first-order chi connectivity index (χ1) is 16.3. The smallest absolute Gasteiger partial charge is 0.120 e. The molecule has 0 spiro atoms. The number of hydrogen-bond donors (Lipinski definition) is 1. The van der Waals surface area contributed by atoms with Crippen molar-refractivity contribution < 1.29 is 14.2 Å². The Hall–Kier alpha value is -3.92. The molecule has 0 aliphatic carbocycles. The largest absolute Gasteiger partial charge is 0.494 e. The van der Waals surface area contributed by atoms with Gasteiger partial charge in [0.15, 0.2) is 0 Å². The van der Waals surface area contributed by atoms with Crippen LogP contribution in [0.15, 0.2) is 103 Å². The molecule has 4 nitrogen and oxygen atoms in total. The molecule has 0 aromatic heterocycles. The van der Waals surface area contributed by atoms with E-state index in [0.717, 1.165) is 40.6 Å². The van der Waals surface area contributed by atoms with Gasteiger partial charge in [-0.3, -0.25) is 0 Å². The Bertz CT molecular complexity index is 1090. The third kappa shape index (κ3) is 7.04. The van der Waals surface area contributed by atoms with E-state index in [2.05, 4.69) is 53.8 Å². The summed E-state index contributed by atoms with van der Waals surface area (Å²) in [5.41, 5.74) is 4.55. The van der Waals surface area contributed by atoms with E-state index >= 15 is 0 Å². The van der Waals surface area contributed by atoms with Gasteiger partial charge in [-0.15, -0.1) is 0 Å². The molecule has 0 bridgehead atoms. The fourth-order valence-electron chi connectivity index (χ4n) is 3.33. The normalized spacial score (nSPS) is 10.5. The van der Waals surface area contributed by atoms with Gasteiger partial charge in [0, 0.05) is 12.2 Å².